The number of nitrogens with zero attached hydrogens (tertiary/aromatic N) is 1. The molecule has 1 aromatic carbocycles. The number of furan rings is 1. The van der Waals surface area contributed by atoms with Gasteiger partial charge in [-0.25, -0.2) is 13.2 Å². The van der Waals surface area contributed by atoms with Gasteiger partial charge < -0.3 is 14.5 Å². The van der Waals surface area contributed by atoms with E-state index in [2.05, 4.69) is 5.32 Å². The highest BCUT2D eigenvalue weighted by molar-refractivity contribution is 7.89. The number of ether oxygens (including phenoxy) is 1. The third-order valence-electron chi connectivity index (χ3n) is 4.88. The average Bonchev–Trinajstić information content (AvgIpc) is 3.36. The summed E-state index contributed by atoms with van der Waals surface area (Å²) >= 11 is 1.29. The molecule has 0 saturated heterocycles. The molecule has 2 heterocycles. The van der Waals surface area contributed by atoms with E-state index in [1.54, 1.807) is 26.0 Å². The largest absolute Gasteiger partial charge is 0.468 e. The fraction of sp³-hybridized carbons (Fsp3) is 0.273. The number of benzene rings is 1. The second-order valence-electron chi connectivity index (χ2n) is 7.03. The van der Waals surface area contributed by atoms with E-state index >= 15 is 0 Å². The molecule has 0 spiro atoms. The van der Waals surface area contributed by atoms with Crippen molar-refractivity contribution in [3.63, 3.8) is 0 Å². The predicted molar refractivity (Wildman–Crippen MR) is 122 cm³/mol. The van der Waals surface area contributed by atoms with Crippen molar-refractivity contribution in [2.75, 3.05) is 19.0 Å². The van der Waals surface area contributed by atoms with Gasteiger partial charge in [0.05, 0.1) is 29.9 Å². The van der Waals surface area contributed by atoms with E-state index in [-0.39, 0.29) is 23.6 Å². The zero-order valence-corrected chi connectivity index (χ0v) is 19.8. The standard InChI is InChI=1S/C22H24N2O6S2/c1-5-29-22(26)19-14(2)15(3)31-21(19)23-20(25)16-8-10-18(11-9-16)32(27,28)24(4)13-17-7-6-12-30-17/h6-12H,5,13H2,1-4H3,(H,23,25). The lowest BCUT2D eigenvalue weighted by Crippen LogP contribution is -2.26. The molecule has 0 aliphatic carbocycles. The van der Waals surface area contributed by atoms with Crippen molar-refractivity contribution in [1.82, 2.24) is 4.31 Å². The lowest BCUT2D eigenvalue weighted by atomic mass is 10.1. The molecule has 0 saturated carbocycles. The molecule has 170 valence electrons. The topological polar surface area (TPSA) is 106 Å². The third-order valence-corrected chi connectivity index (χ3v) is 7.82. The summed E-state index contributed by atoms with van der Waals surface area (Å²) in [6, 6.07) is 8.99. The fourth-order valence-electron chi connectivity index (χ4n) is 3.00. The highest BCUT2D eigenvalue weighted by Gasteiger charge is 2.24. The zero-order valence-electron chi connectivity index (χ0n) is 18.2. The van der Waals surface area contributed by atoms with Gasteiger partial charge in [-0.2, -0.15) is 4.31 Å². The van der Waals surface area contributed by atoms with Gasteiger partial charge in [-0.3, -0.25) is 4.79 Å². The van der Waals surface area contributed by atoms with Crippen LogP contribution in [0.5, 0.6) is 0 Å². The molecule has 10 heteroatoms. The van der Waals surface area contributed by atoms with Gasteiger partial charge in [-0.1, -0.05) is 0 Å². The number of thiophene rings is 1. The molecule has 0 bridgehead atoms. The van der Waals surface area contributed by atoms with Crippen molar-refractivity contribution < 1.29 is 27.2 Å². The first-order chi connectivity index (χ1) is 15.1. The van der Waals surface area contributed by atoms with E-state index in [1.807, 2.05) is 6.92 Å². The fourth-order valence-corrected chi connectivity index (χ4v) is 5.19. The minimum Gasteiger partial charge on any atom is -0.468 e. The van der Waals surface area contributed by atoms with E-state index < -0.39 is 21.9 Å². The van der Waals surface area contributed by atoms with Crippen LogP contribution in [0.2, 0.25) is 0 Å². The van der Waals surface area contributed by atoms with Crippen molar-refractivity contribution >= 4 is 38.2 Å². The number of carbonyl (C=O) groups is 2. The molecule has 0 aliphatic heterocycles. The quantitative estimate of drug-likeness (QED) is 0.488. The highest BCUT2D eigenvalue weighted by atomic mass is 32.2. The lowest BCUT2D eigenvalue weighted by Gasteiger charge is -2.16. The second-order valence-corrected chi connectivity index (χ2v) is 10.3. The number of nitrogens with one attached hydrogen (secondary N) is 1. The van der Waals surface area contributed by atoms with E-state index in [1.165, 1.54) is 53.2 Å². The molecule has 0 aliphatic rings. The van der Waals surface area contributed by atoms with Gasteiger partial charge in [0.2, 0.25) is 10.0 Å². The van der Waals surface area contributed by atoms with E-state index in [4.69, 9.17) is 9.15 Å². The molecule has 0 radical (unpaired) electrons. The van der Waals surface area contributed by atoms with E-state index in [0.29, 0.717) is 16.3 Å². The van der Waals surface area contributed by atoms with Gasteiger partial charge in [-0.15, -0.1) is 11.3 Å². The van der Waals surface area contributed by atoms with Crippen LogP contribution in [0.4, 0.5) is 5.00 Å². The maximum absolute atomic E-state index is 12.8. The molecular formula is C22H24N2O6S2. The van der Waals surface area contributed by atoms with Gasteiger partial charge in [-0.05, 0) is 62.7 Å². The van der Waals surface area contributed by atoms with Crippen LogP contribution < -0.4 is 5.32 Å². The Morgan fingerprint density at radius 3 is 2.44 bits per heavy atom. The van der Waals surface area contributed by atoms with Crippen LogP contribution in [0.15, 0.2) is 52.0 Å². The summed E-state index contributed by atoms with van der Waals surface area (Å²) in [5, 5.41) is 3.15. The summed E-state index contributed by atoms with van der Waals surface area (Å²) < 4.78 is 37.0. The summed E-state index contributed by atoms with van der Waals surface area (Å²) in [6.45, 7) is 5.69. The molecule has 1 N–H and O–H groups in total. The van der Waals surface area contributed by atoms with Crippen molar-refractivity contribution in [2.24, 2.45) is 0 Å². The van der Waals surface area contributed by atoms with Crippen LogP contribution in [-0.4, -0.2) is 38.3 Å². The Hall–Kier alpha value is -2.95. The van der Waals surface area contributed by atoms with Crippen LogP contribution in [0, 0.1) is 13.8 Å². The number of aryl methyl sites for hydroxylation is 1. The molecule has 8 nitrogen and oxygen atoms in total. The molecule has 2 aromatic heterocycles. The first-order valence-electron chi connectivity index (χ1n) is 9.82. The number of hydrogen-bond acceptors (Lipinski definition) is 7. The lowest BCUT2D eigenvalue weighted by molar-refractivity contribution is 0.0527. The molecule has 3 rings (SSSR count). The number of amides is 1. The summed E-state index contributed by atoms with van der Waals surface area (Å²) in [6.07, 6.45) is 1.48. The highest BCUT2D eigenvalue weighted by Crippen LogP contribution is 2.33. The minimum atomic E-state index is -3.76. The normalized spacial score (nSPS) is 11.5. The Bertz CT molecular complexity index is 1210. The number of carbonyl (C=O) groups excluding carboxylic acids is 2. The van der Waals surface area contributed by atoms with Gasteiger partial charge in [0.1, 0.15) is 10.8 Å². The van der Waals surface area contributed by atoms with Gasteiger partial charge in [0.15, 0.2) is 0 Å². The molecule has 3 aromatic rings. The van der Waals surface area contributed by atoms with Crippen molar-refractivity contribution in [3.8, 4) is 0 Å². The Morgan fingerprint density at radius 1 is 1.16 bits per heavy atom. The third kappa shape index (κ3) is 4.93. The van der Waals surface area contributed by atoms with Gasteiger partial charge in [0.25, 0.3) is 5.91 Å². The Morgan fingerprint density at radius 2 is 1.84 bits per heavy atom. The van der Waals surface area contributed by atoms with E-state index in [0.717, 1.165) is 10.4 Å². The first kappa shape index (κ1) is 23.7. The SMILES string of the molecule is CCOC(=O)c1c(NC(=O)c2ccc(S(=O)(=O)N(C)Cc3ccco3)cc2)sc(C)c1C. The van der Waals surface area contributed by atoms with Crippen LogP contribution in [-0.2, 0) is 21.3 Å². The summed E-state index contributed by atoms with van der Waals surface area (Å²) in [5.41, 5.74) is 1.35. The average molecular weight is 477 g/mol. The van der Waals surface area contributed by atoms with Crippen LogP contribution in [0.25, 0.3) is 0 Å². The summed E-state index contributed by atoms with van der Waals surface area (Å²) in [5.74, 6) is -0.429. The number of rotatable bonds is 8. The number of sulfonamides is 1. The first-order valence-corrected chi connectivity index (χ1v) is 12.1. The van der Waals surface area contributed by atoms with Crippen molar-refractivity contribution in [2.45, 2.75) is 32.2 Å². The number of esters is 1. The van der Waals surface area contributed by atoms with Gasteiger partial charge in [0, 0.05) is 17.5 Å². The molecule has 32 heavy (non-hydrogen) atoms. The second kappa shape index (κ2) is 9.68. The van der Waals surface area contributed by atoms with Gasteiger partial charge >= 0.3 is 5.97 Å². The number of hydrogen-bond donors (Lipinski definition) is 1. The smallest absolute Gasteiger partial charge is 0.341 e. The van der Waals surface area contributed by atoms with Crippen molar-refractivity contribution in [1.29, 1.82) is 0 Å². The molecule has 0 atom stereocenters. The van der Waals surface area contributed by atoms with Crippen LogP contribution >= 0.6 is 11.3 Å². The predicted octanol–water partition coefficient (Wildman–Crippen LogP) is 4.21. The summed E-state index contributed by atoms with van der Waals surface area (Å²) in [4.78, 5) is 26.0. The molecule has 0 unspecified atom stereocenters. The number of anilines is 1. The van der Waals surface area contributed by atoms with Crippen LogP contribution in [0.3, 0.4) is 0 Å². The Labute approximate surface area is 190 Å². The molecular weight excluding hydrogens is 452 g/mol. The summed E-state index contributed by atoms with van der Waals surface area (Å²) in [7, 11) is -2.31. The van der Waals surface area contributed by atoms with E-state index in [9.17, 15) is 18.0 Å². The maximum atomic E-state index is 12.8. The molecule has 1 amide bonds. The van der Waals surface area contributed by atoms with Crippen molar-refractivity contribution in [3.05, 3.63) is 70.0 Å². The monoisotopic (exact) mass is 476 g/mol. The molecule has 0 fully saturated rings. The maximum Gasteiger partial charge on any atom is 0.341 e. The van der Waals surface area contributed by atoms with Crippen LogP contribution in [0.1, 0.15) is 43.8 Å². The zero-order chi connectivity index (χ0) is 23.5. The Balaban J connectivity index is 1.77. The Kier molecular flexibility index (Phi) is 7.17. The minimum absolute atomic E-state index is 0.0538.